The molecule has 0 spiro atoms. The predicted octanol–water partition coefficient (Wildman–Crippen LogP) is 2.37. The van der Waals surface area contributed by atoms with Gasteiger partial charge in [0.2, 0.25) is 5.78 Å². The average Bonchev–Trinajstić information content (AvgIpc) is 2.02. The molecule has 0 atom stereocenters. The number of carbonyl (C=O) groups excluding carboxylic acids is 1. The second kappa shape index (κ2) is 4.72. The number of hydrogen-bond donors (Lipinski definition) is 1. The number of aliphatic hydroxyl groups excluding tert-OH is 1. The maximum atomic E-state index is 10.9. The van der Waals surface area contributed by atoms with Crippen molar-refractivity contribution in [2.45, 2.75) is 27.2 Å². The van der Waals surface area contributed by atoms with E-state index in [9.17, 15) is 9.90 Å². The van der Waals surface area contributed by atoms with Crippen LogP contribution in [-0.2, 0) is 4.79 Å². The first-order valence-corrected chi connectivity index (χ1v) is 3.69. The smallest absolute Gasteiger partial charge is 0.219 e. The first kappa shape index (κ1) is 9.95. The summed E-state index contributed by atoms with van der Waals surface area (Å²) in [6, 6.07) is 0. The van der Waals surface area contributed by atoms with E-state index < -0.39 is 0 Å². The zero-order chi connectivity index (χ0) is 8.85. The molecule has 11 heavy (non-hydrogen) atoms. The van der Waals surface area contributed by atoms with Gasteiger partial charge in [-0.2, -0.15) is 0 Å². The van der Waals surface area contributed by atoms with Gasteiger partial charge in [0, 0.05) is 0 Å². The molecule has 0 bridgehead atoms. The molecule has 0 amide bonds. The maximum absolute atomic E-state index is 10.9. The Morgan fingerprint density at radius 1 is 1.55 bits per heavy atom. The lowest BCUT2D eigenvalue weighted by Crippen LogP contribution is -1.99. The number of carbonyl (C=O) groups is 1. The van der Waals surface area contributed by atoms with Gasteiger partial charge in [-0.15, -0.1) is 0 Å². The highest BCUT2D eigenvalue weighted by Gasteiger charge is 2.05. The summed E-state index contributed by atoms with van der Waals surface area (Å²) < 4.78 is 0. The summed E-state index contributed by atoms with van der Waals surface area (Å²) in [5.74, 6) is -0.433. The lowest BCUT2D eigenvalue weighted by Gasteiger charge is -1.98. The van der Waals surface area contributed by atoms with Crippen molar-refractivity contribution in [3.8, 4) is 0 Å². The van der Waals surface area contributed by atoms with Crippen LogP contribution in [0.1, 0.15) is 27.2 Å². The number of allylic oxidation sites excluding steroid dienone is 3. The number of rotatable bonds is 3. The molecule has 0 unspecified atom stereocenters. The lowest BCUT2D eigenvalue weighted by atomic mass is 10.1. The van der Waals surface area contributed by atoms with Gasteiger partial charge >= 0.3 is 0 Å². The highest BCUT2D eigenvalue weighted by atomic mass is 16.3. The normalized spacial score (nSPS) is 13.4. The second-order valence-corrected chi connectivity index (χ2v) is 2.35. The van der Waals surface area contributed by atoms with E-state index in [-0.39, 0.29) is 11.5 Å². The molecule has 0 fully saturated rings. The molecule has 0 saturated carbocycles. The molecule has 2 heteroatoms. The zero-order valence-electron chi connectivity index (χ0n) is 7.22. The second-order valence-electron chi connectivity index (χ2n) is 2.35. The van der Waals surface area contributed by atoms with Gasteiger partial charge in [-0.3, -0.25) is 4.79 Å². The molecule has 1 N–H and O–H groups in total. The van der Waals surface area contributed by atoms with Crippen molar-refractivity contribution in [3.63, 3.8) is 0 Å². The summed E-state index contributed by atoms with van der Waals surface area (Å²) in [6.07, 6.45) is 3.67. The van der Waals surface area contributed by atoms with Crippen LogP contribution < -0.4 is 0 Å². The first-order chi connectivity index (χ1) is 5.13. The molecule has 0 aromatic heterocycles. The summed E-state index contributed by atoms with van der Waals surface area (Å²) >= 11 is 0. The number of aliphatic hydroxyl groups is 1. The van der Waals surface area contributed by atoms with Crippen LogP contribution in [0.3, 0.4) is 0 Å². The average molecular weight is 154 g/mol. The molecule has 0 rings (SSSR count). The van der Waals surface area contributed by atoms with Gasteiger partial charge in [-0.05, 0) is 31.9 Å². The molecule has 0 aliphatic carbocycles. The Hall–Kier alpha value is -1.05. The third kappa shape index (κ3) is 3.03. The first-order valence-electron chi connectivity index (χ1n) is 3.69. The molecule has 0 radical (unpaired) electrons. The van der Waals surface area contributed by atoms with Gasteiger partial charge < -0.3 is 5.11 Å². The van der Waals surface area contributed by atoms with Crippen molar-refractivity contribution in [1.29, 1.82) is 0 Å². The van der Waals surface area contributed by atoms with Crippen molar-refractivity contribution in [1.82, 2.24) is 0 Å². The van der Waals surface area contributed by atoms with E-state index in [0.29, 0.717) is 6.42 Å². The topological polar surface area (TPSA) is 37.3 Å². The molecule has 0 aliphatic heterocycles. The van der Waals surface area contributed by atoms with Crippen LogP contribution in [0.2, 0.25) is 0 Å². The standard InChI is InChI=1S/C9H14O2/c1-4-6-8(10)9(11)7(3)5-2/h4,6,11H,5H2,1-3H3/b6-4-,9-7-. The molecular formula is C9H14O2. The minimum Gasteiger partial charge on any atom is -0.504 e. The molecular weight excluding hydrogens is 140 g/mol. The molecule has 0 aromatic carbocycles. The Balaban J connectivity index is 4.47. The third-order valence-electron chi connectivity index (χ3n) is 1.49. The fourth-order valence-electron chi connectivity index (χ4n) is 0.608. The maximum Gasteiger partial charge on any atom is 0.219 e. The largest absolute Gasteiger partial charge is 0.504 e. The zero-order valence-corrected chi connectivity index (χ0v) is 7.22. The van der Waals surface area contributed by atoms with Crippen molar-refractivity contribution in [2.24, 2.45) is 0 Å². The van der Waals surface area contributed by atoms with Gasteiger partial charge in [0.25, 0.3) is 0 Å². The third-order valence-corrected chi connectivity index (χ3v) is 1.49. The van der Waals surface area contributed by atoms with Gasteiger partial charge in [-0.1, -0.05) is 13.0 Å². The number of hydrogen-bond acceptors (Lipinski definition) is 2. The van der Waals surface area contributed by atoms with Gasteiger partial charge in [-0.25, -0.2) is 0 Å². The van der Waals surface area contributed by atoms with E-state index in [1.54, 1.807) is 19.9 Å². The molecule has 62 valence electrons. The fraction of sp³-hybridized carbons (Fsp3) is 0.444. The minimum atomic E-state index is -0.313. The van der Waals surface area contributed by atoms with Crippen molar-refractivity contribution >= 4 is 5.78 Å². The van der Waals surface area contributed by atoms with Crippen LogP contribution in [0.4, 0.5) is 0 Å². The summed E-state index contributed by atoms with van der Waals surface area (Å²) in [5.41, 5.74) is 0.730. The summed E-state index contributed by atoms with van der Waals surface area (Å²) in [7, 11) is 0. The fourth-order valence-corrected chi connectivity index (χ4v) is 0.608. The van der Waals surface area contributed by atoms with E-state index in [0.717, 1.165) is 5.57 Å². The Bertz CT molecular complexity index is 200. The molecule has 0 aromatic rings. The van der Waals surface area contributed by atoms with Crippen molar-refractivity contribution < 1.29 is 9.90 Å². The van der Waals surface area contributed by atoms with Crippen LogP contribution in [0.25, 0.3) is 0 Å². The molecule has 0 saturated heterocycles. The highest BCUT2D eigenvalue weighted by Crippen LogP contribution is 2.05. The molecule has 2 nitrogen and oxygen atoms in total. The monoisotopic (exact) mass is 154 g/mol. The quantitative estimate of drug-likeness (QED) is 0.500. The van der Waals surface area contributed by atoms with E-state index in [4.69, 9.17) is 0 Å². The van der Waals surface area contributed by atoms with Crippen LogP contribution in [0.15, 0.2) is 23.5 Å². The van der Waals surface area contributed by atoms with Crippen molar-refractivity contribution in [3.05, 3.63) is 23.5 Å². The van der Waals surface area contributed by atoms with Gasteiger partial charge in [0.15, 0.2) is 5.76 Å². The van der Waals surface area contributed by atoms with Gasteiger partial charge in [0.05, 0.1) is 0 Å². The van der Waals surface area contributed by atoms with Crippen LogP contribution >= 0.6 is 0 Å². The molecule has 0 heterocycles. The van der Waals surface area contributed by atoms with E-state index >= 15 is 0 Å². The Kier molecular flexibility index (Phi) is 4.27. The van der Waals surface area contributed by atoms with Crippen molar-refractivity contribution in [2.75, 3.05) is 0 Å². The summed E-state index contributed by atoms with van der Waals surface area (Å²) in [5, 5.41) is 9.20. The number of ketones is 1. The Morgan fingerprint density at radius 2 is 2.09 bits per heavy atom. The Morgan fingerprint density at radius 3 is 2.45 bits per heavy atom. The van der Waals surface area contributed by atoms with Crippen LogP contribution in [0.5, 0.6) is 0 Å². The summed E-state index contributed by atoms with van der Waals surface area (Å²) in [6.45, 7) is 5.39. The lowest BCUT2D eigenvalue weighted by molar-refractivity contribution is -0.113. The van der Waals surface area contributed by atoms with E-state index in [1.807, 2.05) is 6.92 Å². The highest BCUT2D eigenvalue weighted by molar-refractivity contribution is 6.02. The Labute approximate surface area is 67.2 Å². The van der Waals surface area contributed by atoms with Crippen LogP contribution in [0, 0.1) is 0 Å². The SMILES string of the molecule is C/C=C\C(=O)/C(O)=C(\C)CC. The van der Waals surface area contributed by atoms with Gasteiger partial charge in [0.1, 0.15) is 0 Å². The van der Waals surface area contributed by atoms with E-state index in [2.05, 4.69) is 0 Å². The predicted molar refractivity (Wildman–Crippen MR) is 45.4 cm³/mol. The summed E-state index contributed by atoms with van der Waals surface area (Å²) in [4.78, 5) is 10.9. The molecule has 0 aliphatic rings. The van der Waals surface area contributed by atoms with Crippen LogP contribution in [-0.4, -0.2) is 10.9 Å². The minimum absolute atomic E-state index is 0.120. The van der Waals surface area contributed by atoms with E-state index in [1.165, 1.54) is 6.08 Å².